The van der Waals surface area contributed by atoms with E-state index in [1.807, 2.05) is 38.1 Å². The molecule has 1 aromatic rings. The first kappa shape index (κ1) is 16.5. The SMILES string of the molecule is CCCNC(C)(CC(=O)OC)c1ccc(OCC)cc1. The zero-order valence-electron chi connectivity index (χ0n) is 12.9. The normalized spacial score (nSPS) is 13.6. The van der Waals surface area contributed by atoms with Crippen molar-refractivity contribution in [3.63, 3.8) is 0 Å². The van der Waals surface area contributed by atoms with Crippen LogP contribution in [-0.4, -0.2) is 26.2 Å². The minimum Gasteiger partial charge on any atom is -0.494 e. The average Bonchev–Trinajstić information content (AvgIpc) is 2.46. The van der Waals surface area contributed by atoms with Gasteiger partial charge in [0.05, 0.1) is 25.7 Å². The van der Waals surface area contributed by atoms with E-state index in [1.54, 1.807) is 0 Å². The molecule has 4 nitrogen and oxygen atoms in total. The lowest BCUT2D eigenvalue weighted by Crippen LogP contribution is -2.42. The van der Waals surface area contributed by atoms with Crippen molar-refractivity contribution < 1.29 is 14.3 Å². The van der Waals surface area contributed by atoms with Crippen LogP contribution < -0.4 is 10.1 Å². The topological polar surface area (TPSA) is 47.6 Å². The summed E-state index contributed by atoms with van der Waals surface area (Å²) in [6.07, 6.45) is 1.31. The molecule has 4 heteroatoms. The molecular weight excluding hydrogens is 254 g/mol. The summed E-state index contributed by atoms with van der Waals surface area (Å²) in [7, 11) is 1.42. The average molecular weight is 279 g/mol. The quantitative estimate of drug-likeness (QED) is 0.743. The molecule has 1 unspecified atom stereocenters. The molecule has 20 heavy (non-hydrogen) atoms. The van der Waals surface area contributed by atoms with E-state index in [1.165, 1.54) is 7.11 Å². The van der Waals surface area contributed by atoms with Crippen molar-refractivity contribution in [1.82, 2.24) is 5.32 Å². The third kappa shape index (κ3) is 4.53. The van der Waals surface area contributed by atoms with Crippen LogP contribution >= 0.6 is 0 Å². The van der Waals surface area contributed by atoms with Gasteiger partial charge in [-0.15, -0.1) is 0 Å². The molecule has 0 aliphatic carbocycles. The van der Waals surface area contributed by atoms with Gasteiger partial charge in [0, 0.05) is 0 Å². The molecule has 0 amide bonds. The summed E-state index contributed by atoms with van der Waals surface area (Å²) < 4.78 is 10.3. The third-order valence-corrected chi connectivity index (χ3v) is 3.29. The zero-order chi connectivity index (χ0) is 15.0. The van der Waals surface area contributed by atoms with Gasteiger partial charge in [-0.3, -0.25) is 4.79 Å². The van der Waals surface area contributed by atoms with E-state index in [4.69, 9.17) is 9.47 Å². The van der Waals surface area contributed by atoms with E-state index in [0.717, 1.165) is 24.3 Å². The van der Waals surface area contributed by atoms with Crippen LogP contribution in [0.4, 0.5) is 0 Å². The van der Waals surface area contributed by atoms with Gasteiger partial charge in [-0.2, -0.15) is 0 Å². The molecular formula is C16H25NO3. The van der Waals surface area contributed by atoms with E-state index in [2.05, 4.69) is 12.2 Å². The zero-order valence-corrected chi connectivity index (χ0v) is 12.9. The molecule has 0 fully saturated rings. The van der Waals surface area contributed by atoms with Gasteiger partial charge in [0.25, 0.3) is 0 Å². The predicted octanol–water partition coefficient (Wildman–Crippen LogP) is 2.86. The Morgan fingerprint density at radius 1 is 1.25 bits per heavy atom. The Hall–Kier alpha value is -1.55. The lowest BCUT2D eigenvalue weighted by atomic mass is 9.88. The maximum absolute atomic E-state index is 11.6. The first-order valence-corrected chi connectivity index (χ1v) is 7.11. The van der Waals surface area contributed by atoms with Crippen LogP contribution in [0.5, 0.6) is 5.75 Å². The Morgan fingerprint density at radius 3 is 2.40 bits per heavy atom. The fourth-order valence-corrected chi connectivity index (χ4v) is 2.11. The van der Waals surface area contributed by atoms with Crippen molar-refractivity contribution in [2.75, 3.05) is 20.3 Å². The molecule has 0 aromatic heterocycles. The van der Waals surface area contributed by atoms with Crippen molar-refractivity contribution in [3.8, 4) is 5.75 Å². The highest BCUT2D eigenvalue weighted by molar-refractivity contribution is 5.71. The Morgan fingerprint density at radius 2 is 1.90 bits per heavy atom. The smallest absolute Gasteiger partial charge is 0.307 e. The number of ether oxygens (including phenoxy) is 2. The standard InChI is InChI=1S/C16H25NO3/c1-5-11-17-16(3,12-15(18)19-4)13-7-9-14(10-8-13)20-6-2/h7-10,17H,5-6,11-12H2,1-4H3. The summed E-state index contributed by atoms with van der Waals surface area (Å²) in [6, 6.07) is 7.86. The van der Waals surface area contributed by atoms with Gasteiger partial charge in [0.15, 0.2) is 0 Å². The first-order valence-electron chi connectivity index (χ1n) is 7.11. The van der Waals surface area contributed by atoms with Crippen LogP contribution in [0.1, 0.15) is 39.2 Å². The van der Waals surface area contributed by atoms with E-state index in [9.17, 15) is 4.79 Å². The summed E-state index contributed by atoms with van der Waals surface area (Å²) in [5.74, 6) is 0.622. The minimum absolute atomic E-state index is 0.218. The fraction of sp³-hybridized carbons (Fsp3) is 0.562. The lowest BCUT2D eigenvalue weighted by Gasteiger charge is -2.30. The van der Waals surface area contributed by atoms with Gasteiger partial charge in [-0.25, -0.2) is 0 Å². The van der Waals surface area contributed by atoms with Crippen LogP contribution in [0.25, 0.3) is 0 Å². The van der Waals surface area contributed by atoms with Gasteiger partial charge >= 0.3 is 5.97 Å². The molecule has 0 saturated heterocycles. The minimum atomic E-state index is -0.423. The summed E-state index contributed by atoms with van der Waals surface area (Å²) in [5.41, 5.74) is 0.633. The molecule has 0 radical (unpaired) electrons. The van der Waals surface area contributed by atoms with E-state index in [-0.39, 0.29) is 5.97 Å². The predicted molar refractivity (Wildman–Crippen MR) is 79.9 cm³/mol. The molecule has 0 spiro atoms. The molecule has 1 rings (SSSR count). The molecule has 1 N–H and O–H groups in total. The number of methoxy groups -OCH3 is 1. The van der Waals surface area contributed by atoms with Crippen molar-refractivity contribution in [1.29, 1.82) is 0 Å². The Kier molecular flexibility index (Phi) is 6.52. The molecule has 1 atom stereocenters. The van der Waals surface area contributed by atoms with Crippen molar-refractivity contribution in [2.24, 2.45) is 0 Å². The van der Waals surface area contributed by atoms with E-state index < -0.39 is 5.54 Å². The third-order valence-electron chi connectivity index (χ3n) is 3.29. The second kappa shape index (κ2) is 7.90. The number of carbonyl (C=O) groups is 1. The number of rotatable bonds is 8. The molecule has 0 bridgehead atoms. The lowest BCUT2D eigenvalue weighted by molar-refractivity contribution is -0.142. The van der Waals surface area contributed by atoms with Gasteiger partial charge in [0.2, 0.25) is 0 Å². The fourth-order valence-electron chi connectivity index (χ4n) is 2.11. The number of hydrogen-bond donors (Lipinski definition) is 1. The monoisotopic (exact) mass is 279 g/mol. The highest BCUT2D eigenvalue weighted by atomic mass is 16.5. The second-order valence-corrected chi connectivity index (χ2v) is 4.97. The van der Waals surface area contributed by atoms with Crippen LogP contribution in [0.2, 0.25) is 0 Å². The molecule has 0 heterocycles. The van der Waals surface area contributed by atoms with Crippen LogP contribution in [0.15, 0.2) is 24.3 Å². The molecule has 0 aliphatic heterocycles. The number of hydrogen-bond acceptors (Lipinski definition) is 4. The van der Waals surface area contributed by atoms with Gasteiger partial charge in [0.1, 0.15) is 5.75 Å². The summed E-state index contributed by atoms with van der Waals surface area (Å²) >= 11 is 0. The molecule has 112 valence electrons. The number of carbonyl (C=O) groups excluding carboxylic acids is 1. The molecule has 0 aliphatic rings. The first-order chi connectivity index (χ1) is 9.55. The maximum atomic E-state index is 11.6. The molecule has 0 saturated carbocycles. The number of esters is 1. The van der Waals surface area contributed by atoms with Gasteiger partial charge < -0.3 is 14.8 Å². The van der Waals surface area contributed by atoms with Crippen molar-refractivity contribution in [3.05, 3.63) is 29.8 Å². The molecule has 1 aromatic carbocycles. The van der Waals surface area contributed by atoms with Gasteiger partial charge in [-0.05, 0) is 44.5 Å². The number of nitrogens with one attached hydrogen (secondary N) is 1. The Balaban J connectivity index is 2.93. The Labute approximate surface area is 121 Å². The van der Waals surface area contributed by atoms with Crippen molar-refractivity contribution >= 4 is 5.97 Å². The van der Waals surface area contributed by atoms with Crippen LogP contribution in [-0.2, 0) is 15.1 Å². The highest BCUT2D eigenvalue weighted by Gasteiger charge is 2.29. The largest absolute Gasteiger partial charge is 0.494 e. The Bertz CT molecular complexity index is 416. The summed E-state index contributed by atoms with van der Waals surface area (Å²) in [5, 5.41) is 3.44. The van der Waals surface area contributed by atoms with Crippen LogP contribution in [0, 0.1) is 0 Å². The number of benzene rings is 1. The van der Waals surface area contributed by atoms with E-state index in [0.29, 0.717) is 13.0 Å². The van der Waals surface area contributed by atoms with E-state index >= 15 is 0 Å². The van der Waals surface area contributed by atoms with Gasteiger partial charge in [-0.1, -0.05) is 19.1 Å². The van der Waals surface area contributed by atoms with Crippen LogP contribution in [0.3, 0.4) is 0 Å². The maximum Gasteiger partial charge on any atom is 0.307 e. The summed E-state index contributed by atoms with van der Waals surface area (Å²) in [4.78, 5) is 11.6. The summed E-state index contributed by atoms with van der Waals surface area (Å²) in [6.45, 7) is 7.57. The highest BCUT2D eigenvalue weighted by Crippen LogP contribution is 2.27. The second-order valence-electron chi connectivity index (χ2n) is 4.97. The van der Waals surface area contributed by atoms with Crippen molar-refractivity contribution in [2.45, 2.75) is 39.2 Å².